The van der Waals surface area contributed by atoms with Crippen LogP contribution in [0.15, 0.2) is 122 Å². The van der Waals surface area contributed by atoms with E-state index in [-0.39, 0.29) is 89.6 Å². The van der Waals surface area contributed by atoms with Crippen LogP contribution in [-0.2, 0) is 107 Å². The molecule has 13 atom stereocenters. The molecule has 2 fully saturated rings. The zero-order valence-corrected chi connectivity index (χ0v) is 79.4. The van der Waals surface area contributed by atoms with Crippen LogP contribution in [0.4, 0.5) is 0 Å². The van der Waals surface area contributed by atoms with Gasteiger partial charge in [-0.3, -0.25) is 86.9 Å². The van der Waals surface area contributed by atoms with E-state index in [0.29, 0.717) is 59.0 Å². The maximum atomic E-state index is 15.8. The molecule has 42 heteroatoms. The number of nitrogens with two attached hydrogens (primary N) is 3. The molecule has 2 unspecified atom stereocenters. The topological polar surface area (TPSA) is 605 Å². The standard InChI is InChI=1S/C94H131N23O18S/c1-11-13-31-74-87(129)106-65(30-22-38-100-94(97)98)83(125)112-73(82(124)102-48-78(96)120)51-136-52-80(122)105-69(41-57-25-16-15-17-26-57)90(132)114(8)56(6)81(123)108-71(45-77(95)119)92(134)117-39-23-33-75(117)88(130)107-67(44-61-47-99-53-103-61)85(127)109-68(40-54(3)4)89(131)113(7)49-79(121)104-66(43-60-46-101-64-29-21-20-28-63(60)64)84(126)111-72(50-118)86(128)110-70(91(133)116(10)76(32-14-12-2)93(135)115(74)9)42-58-34-36-59(37-35-58)62-27-19-18-24-55(62)5/h15-21,24-29,34-37,46-47,53-54,56,65-76,101,118H,11-14,22-23,30-33,38-45,48-52H2,1-10H3,(H2,95,119)(H2,96,120)(H,99,103)(H,102,124)(H,104,121)(H,105,122)(H,106,129)(H,107,130)(H,108,123)(H,109,127)(H,110,128)(H,111,126)(H,112,125)(H4,97,98,100)/t56-,65-,66-,67-,68-,69-,70-,71-,72?,73?,74-,75-,76-/m0/s1. The predicted octanol–water partition coefficient (Wildman–Crippen LogP) is -0.644. The van der Waals surface area contributed by atoms with Gasteiger partial charge in [-0.2, -0.15) is 0 Å². The highest BCUT2D eigenvalue weighted by molar-refractivity contribution is 8.00. The smallest absolute Gasteiger partial charge is 0.246 e. The fraction of sp³-hybridized carbons (Fsp3) is 0.500. The number of carbonyl (C=O) groups excluding carboxylic acids is 17. The number of unbranched alkanes of at least 4 members (excludes halogenated alkanes) is 2. The third kappa shape index (κ3) is 31.7. The number of benzene rings is 4. The Balaban J connectivity index is 1.19. The van der Waals surface area contributed by atoms with Gasteiger partial charge < -0.3 is 115 Å². The minimum Gasteiger partial charge on any atom is -0.394 e. The molecular formula is C94H131N23O18S. The molecule has 0 bridgehead atoms. The van der Waals surface area contributed by atoms with Crippen molar-refractivity contribution in [3.05, 3.63) is 150 Å². The van der Waals surface area contributed by atoms with Crippen LogP contribution in [0.5, 0.6) is 0 Å². The van der Waals surface area contributed by atoms with Crippen LogP contribution in [0.2, 0.25) is 0 Å². The molecule has 2 aromatic heterocycles. The van der Waals surface area contributed by atoms with Gasteiger partial charge in [-0.15, -0.1) is 11.8 Å². The van der Waals surface area contributed by atoms with Crippen molar-refractivity contribution < 1.29 is 86.6 Å². The fourth-order valence-electron chi connectivity index (χ4n) is 16.2. The summed E-state index contributed by atoms with van der Waals surface area (Å²) in [5.41, 5.74) is 22.1. The summed E-state index contributed by atoms with van der Waals surface area (Å²) in [6.07, 6.45) is 4.36. The van der Waals surface area contributed by atoms with Gasteiger partial charge in [0.2, 0.25) is 100 Å². The van der Waals surface area contributed by atoms with E-state index in [9.17, 15) is 62.6 Å². The summed E-state index contributed by atoms with van der Waals surface area (Å²) in [7, 11) is 5.26. The zero-order chi connectivity index (χ0) is 99.6. The quantitative estimate of drug-likeness (QED) is 0.0173. The monoisotopic (exact) mass is 1900 g/mol. The number of aromatic nitrogens is 3. The molecule has 21 N–H and O–H groups in total. The van der Waals surface area contributed by atoms with Crippen LogP contribution in [0.3, 0.4) is 0 Å². The molecule has 17 amide bonds. The molecule has 0 aliphatic carbocycles. The van der Waals surface area contributed by atoms with Crippen LogP contribution in [-0.4, -0.2) is 302 Å². The van der Waals surface area contributed by atoms with Gasteiger partial charge in [0.05, 0.1) is 38.2 Å². The van der Waals surface area contributed by atoms with Crippen LogP contribution < -0.4 is 75.7 Å². The van der Waals surface area contributed by atoms with Crippen molar-refractivity contribution in [3.8, 4) is 11.1 Å². The fourth-order valence-corrected chi connectivity index (χ4v) is 17.1. The van der Waals surface area contributed by atoms with Gasteiger partial charge >= 0.3 is 0 Å². The number of fused-ring (bicyclic) bond motifs is 2. The van der Waals surface area contributed by atoms with Crippen molar-refractivity contribution in [1.29, 1.82) is 5.41 Å². The number of para-hydroxylation sites is 1. The second kappa shape index (κ2) is 52.7. The Morgan fingerprint density at radius 1 is 0.551 bits per heavy atom. The Morgan fingerprint density at radius 2 is 1.12 bits per heavy atom. The largest absolute Gasteiger partial charge is 0.394 e. The third-order valence-electron chi connectivity index (χ3n) is 23.9. The lowest BCUT2D eigenvalue weighted by molar-refractivity contribution is -0.149. The minimum atomic E-state index is -1.85. The molecule has 0 spiro atoms. The molecule has 2 saturated heterocycles. The van der Waals surface area contributed by atoms with Gasteiger partial charge in [-0.1, -0.05) is 150 Å². The van der Waals surface area contributed by atoms with E-state index in [2.05, 4.69) is 73.4 Å². The maximum Gasteiger partial charge on any atom is 0.246 e. The van der Waals surface area contributed by atoms with E-state index in [1.54, 1.807) is 86.8 Å². The van der Waals surface area contributed by atoms with Crippen LogP contribution in [0.1, 0.15) is 140 Å². The Kier molecular flexibility index (Phi) is 41.7. The number of aryl methyl sites for hydroxylation is 1. The molecule has 8 rings (SSSR count). The third-order valence-corrected chi connectivity index (χ3v) is 24.9. The first-order chi connectivity index (χ1) is 64.8. The van der Waals surface area contributed by atoms with Gasteiger partial charge in [0, 0.05) is 102 Å². The summed E-state index contributed by atoms with van der Waals surface area (Å²) < 4.78 is 0. The summed E-state index contributed by atoms with van der Waals surface area (Å²) in [6, 6.07) is 10.6. The Labute approximate surface area is 794 Å². The Hall–Kier alpha value is -13.8. The molecule has 2 aliphatic heterocycles. The lowest BCUT2D eigenvalue weighted by atomic mass is 9.97. The van der Waals surface area contributed by atoms with Gasteiger partial charge in [-0.25, -0.2) is 4.98 Å². The molecule has 136 heavy (non-hydrogen) atoms. The molecule has 6 aromatic rings. The number of thioether (sulfide) groups is 1. The second-order valence-electron chi connectivity index (χ2n) is 34.8. The lowest BCUT2D eigenvalue weighted by Crippen LogP contribution is -2.61. The van der Waals surface area contributed by atoms with Crippen molar-refractivity contribution >= 4 is 129 Å². The number of hydrogen-bond acceptors (Lipinski definition) is 21. The first kappa shape index (κ1) is 108. The van der Waals surface area contributed by atoms with Gasteiger partial charge in [0.1, 0.15) is 78.5 Å². The van der Waals surface area contributed by atoms with Crippen molar-refractivity contribution in [2.75, 3.05) is 72.5 Å². The first-order valence-electron chi connectivity index (χ1n) is 45.7. The van der Waals surface area contributed by atoms with E-state index in [1.165, 1.54) is 47.6 Å². The maximum absolute atomic E-state index is 15.8. The number of H-pyrrole nitrogens is 2. The number of nitrogens with zero attached hydrogens (tertiary/aromatic N) is 6. The van der Waals surface area contributed by atoms with Crippen molar-refractivity contribution in [1.82, 2.24) is 97.9 Å². The van der Waals surface area contributed by atoms with Crippen LogP contribution in [0.25, 0.3) is 22.0 Å². The summed E-state index contributed by atoms with van der Waals surface area (Å²) in [6.45, 7) is 7.88. The number of carbonyl (C=O) groups is 17. The lowest BCUT2D eigenvalue weighted by Gasteiger charge is -2.36. The number of likely N-dealkylation sites (N-methyl/N-ethyl adjacent to an activating group) is 4. The molecule has 0 saturated carbocycles. The Bertz CT molecular complexity index is 5180. The molecule has 41 nitrogen and oxygen atoms in total. The number of aliphatic hydroxyl groups is 1. The summed E-state index contributed by atoms with van der Waals surface area (Å²) in [4.78, 5) is 265. The van der Waals surface area contributed by atoms with Crippen molar-refractivity contribution in [2.24, 2.45) is 23.1 Å². The number of primary amides is 2. The number of aromatic amines is 2. The first-order valence-corrected chi connectivity index (χ1v) is 46.9. The molecular weight excluding hydrogens is 1770 g/mol. The Morgan fingerprint density at radius 3 is 1.76 bits per heavy atom. The number of guanidine groups is 1. The number of imidazole rings is 1. The molecule has 0 radical (unpaired) electrons. The average molecular weight is 1900 g/mol. The van der Waals surface area contributed by atoms with E-state index in [1.807, 2.05) is 57.2 Å². The summed E-state index contributed by atoms with van der Waals surface area (Å²) in [5.74, 6) is -17.1. The van der Waals surface area contributed by atoms with E-state index in [4.69, 9.17) is 22.6 Å². The molecule has 4 heterocycles. The van der Waals surface area contributed by atoms with Crippen LogP contribution >= 0.6 is 11.8 Å². The number of hydrogen-bond donors (Lipinski definition) is 18. The van der Waals surface area contributed by atoms with Gasteiger partial charge in [-0.05, 0) is 104 Å². The summed E-state index contributed by atoms with van der Waals surface area (Å²) in [5, 5.41) is 48.9. The normalized spacial score (nSPS) is 23.1. The molecule has 2 aliphatic rings. The predicted molar refractivity (Wildman–Crippen MR) is 508 cm³/mol. The number of rotatable bonds is 27. The van der Waals surface area contributed by atoms with Crippen molar-refractivity contribution in [2.45, 2.75) is 223 Å². The van der Waals surface area contributed by atoms with E-state index < -0.39 is 223 Å². The number of amides is 17. The van der Waals surface area contributed by atoms with Crippen LogP contribution in [0, 0.1) is 18.3 Å². The zero-order valence-electron chi connectivity index (χ0n) is 78.6. The second-order valence-corrected chi connectivity index (χ2v) is 35.8. The SMILES string of the molecule is CCCC[C@H]1C(=O)N(C)[C@@H](CCCC)C(=O)N[C@@H](CCCNC(=N)N)C(=O)NC(C(=O)NCC(N)=O)CSCC(=O)N[C@@H](Cc2ccccc2)C(=O)N(C)[C@@H](C)C(=O)N[C@@H](CC(N)=O)C(=O)N2CCC[C@H]2C(=O)N[C@@H](Cc2cnc[nH]2)C(=O)N[C@@H](CC(C)C)C(=O)N(C)CC(=O)N[C@@H](Cc2c[nH]c3ccccc23)C(=O)NC(CO)C(=O)N[C@@H](Cc2ccc(-c3ccccc3C)cc2)C(=O)N1C. The van der Waals surface area contributed by atoms with E-state index >= 15 is 24.0 Å². The number of aliphatic hydroxyl groups excluding tert-OH is 1. The van der Waals surface area contributed by atoms with Gasteiger partial charge in [0.25, 0.3) is 0 Å². The highest BCUT2D eigenvalue weighted by atomic mass is 32.2. The minimum absolute atomic E-state index is 0.000154. The highest BCUT2D eigenvalue weighted by Gasteiger charge is 2.44. The number of nitrogens with one attached hydrogen (secondary N) is 14. The average Bonchev–Trinajstić information content (AvgIpc) is 1.49. The molecule has 736 valence electrons. The highest BCUT2D eigenvalue weighted by Crippen LogP contribution is 2.27. The summed E-state index contributed by atoms with van der Waals surface area (Å²) >= 11 is 0.796. The van der Waals surface area contributed by atoms with Crippen molar-refractivity contribution in [3.63, 3.8) is 0 Å². The van der Waals surface area contributed by atoms with E-state index in [0.717, 1.165) is 53.0 Å². The molecule has 4 aromatic carbocycles. The van der Waals surface area contributed by atoms with Gasteiger partial charge in [0.15, 0.2) is 5.96 Å².